The first-order valence-electron chi connectivity index (χ1n) is 8.67. The number of anilines is 1. The molecule has 3 aromatic rings. The molecule has 0 saturated carbocycles. The fourth-order valence-electron chi connectivity index (χ4n) is 2.68. The third-order valence-corrected chi connectivity index (χ3v) is 4.98. The number of amides is 2. The highest BCUT2D eigenvalue weighted by molar-refractivity contribution is 7.14. The Labute approximate surface area is 169 Å². The van der Waals surface area contributed by atoms with E-state index in [2.05, 4.69) is 15.6 Å². The molecule has 0 aliphatic carbocycles. The molecule has 0 fully saturated rings. The molecule has 150 valence electrons. The number of hydrogen-bond acceptors (Lipinski definition) is 7. The van der Waals surface area contributed by atoms with Gasteiger partial charge in [-0.15, -0.1) is 11.3 Å². The maximum absolute atomic E-state index is 12.3. The lowest BCUT2D eigenvalue weighted by Crippen LogP contribution is -2.28. The molecule has 0 aliphatic rings. The molecule has 9 nitrogen and oxygen atoms in total. The highest BCUT2D eigenvalue weighted by Crippen LogP contribution is 2.20. The minimum atomic E-state index is -0.478. The maximum Gasteiger partial charge on any atom is 0.269 e. The summed E-state index contributed by atoms with van der Waals surface area (Å²) < 4.78 is 5.11. The smallest absolute Gasteiger partial charge is 0.269 e. The van der Waals surface area contributed by atoms with Gasteiger partial charge in [0.15, 0.2) is 5.13 Å². The number of carbonyl (C=O) groups is 2. The normalized spacial score (nSPS) is 11.7. The molecule has 3 rings (SSSR count). The van der Waals surface area contributed by atoms with Crippen LogP contribution in [0.2, 0.25) is 0 Å². The highest BCUT2D eigenvalue weighted by Gasteiger charge is 2.16. The van der Waals surface area contributed by atoms with E-state index in [4.69, 9.17) is 4.42 Å². The summed E-state index contributed by atoms with van der Waals surface area (Å²) in [6.45, 7) is 3.44. The zero-order chi connectivity index (χ0) is 21.0. The fourth-order valence-corrected chi connectivity index (χ4v) is 3.38. The standard InChI is InChI=1S/C19H18N4O5S/c1-11(13-4-3-5-15(8-13)23(26)27)20-17(24)9-14-10-29-19(21-14)22-18(25)16-6-7-28-12(16)2/h3-8,10-11H,9H2,1-2H3,(H,20,24)(H,21,22,25). The number of non-ortho nitro benzene ring substituents is 1. The van der Waals surface area contributed by atoms with Gasteiger partial charge < -0.3 is 9.73 Å². The van der Waals surface area contributed by atoms with Gasteiger partial charge >= 0.3 is 0 Å². The van der Waals surface area contributed by atoms with Gasteiger partial charge in [0.1, 0.15) is 5.76 Å². The molecule has 29 heavy (non-hydrogen) atoms. The Kier molecular flexibility index (Phi) is 6.03. The van der Waals surface area contributed by atoms with Crippen LogP contribution in [-0.2, 0) is 11.2 Å². The molecule has 0 radical (unpaired) electrons. The van der Waals surface area contributed by atoms with Crippen LogP contribution in [-0.4, -0.2) is 21.7 Å². The van der Waals surface area contributed by atoms with Gasteiger partial charge in [-0.1, -0.05) is 12.1 Å². The van der Waals surface area contributed by atoms with E-state index in [-0.39, 0.29) is 23.9 Å². The van der Waals surface area contributed by atoms with E-state index in [0.717, 1.165) is 0 Å². The number of thiazole rings is 1. The third kappa shape index (κ3) is 5.05. The van der Waals surface area contributed by atoms with Gasteiger partial charge in [-0.05, 0) is 25.5 Å². The SMILES string of the molecule is Cc1occc1C(=O)Nc1nc(CC(=O)NC(C)c2cccc([N+](=O)[O-])c2)cs1. The van der Waals surface area contributed by atoms with E-state index < -0.39 is 11.0 Å². The van der Waals surface area contributed by atoms with Crippen molar-refractivity contribution in [2.24, 2.45) is 0 Å². The molecular formula is C19H18N4O5S. The fraction of sp³-hybridized carbons (Fsp3) is 0.211. The van der Waals surface area contributed by atoms with Crippen molar-refractivity contribution < 1.29 is 18.9 Å². The molecule has 2 amide bonds. The highest BCUT2D eigenvalue weighted by atomic mass is 32.1. The molecule has 0 saturated heterocycles. The van der Waals surface area contributed by atoms with Crippen molar-refractivity contribution >= 4 is 34.0 Å². The van der Waals surface area contributed by atoms with Crippen LogP contribution in [0.3, 0.4) is 0 Å². The Morgan fingerprint density at radius 1 is 1.34 bits per heavy atom. The molecule has 1 unspecified atom stereocenters. The van der Waals surface area contributed by atoms with E-state index in [1.807, 2.05) is 0 Å². The summed E-state index contributed by atoms with van der Waals surface area (Å²) in [5.41, 5.74) is 1.54. The second-order valence-electron chi connectivity index (χ2n) is 6.31. The largest absolute Gasteiger partial charge is 0.469 e. The number of rotatable bonds is 7. The summed E-state index contributed by atoms with van der Waals surface area (Å²) in [6, 6.07) is 7.29. The molecule has 10 heteroatoms. The number of carbonyl (C=O) groups excluding carboxylic acids is 2. The van der Waals surface area contributed by atoms with Crippen LogP contribution >= 0.6 is 11.3 Å². The number of nitro groups is 1. The van der Waals surface area contributed by atoms with Gasteiger partial charge in [0, 0.05) is 17.5 Å². The number of nitro benzene ring substituents is 1. The Morgan fingerprint density at radius 2 is 2.14 bits per heavy atom. The van der Waals surface area contributed by atoms with Crippen LogP contribution in [0.5, 0.6) is 0 Å². The summed E-state index contributed by atoms with van der Waals surface area (Å²) in [6.07, 6.45) is 1.46. The van der Waals surface area contributed by atoms with Crippen LogP contribution in [0.25, 0.3) is 0 Å². The average Bonchev–Trinajstić information content (AvgIpc) is 3.30. The number of nitrogens with zero attached hydrogens (tertiary/aromatic N) is 2. The zero-order valence-corrected chi connectivity index (χ0v) is 16.5. The number of nitrogens with one attached hydrogen (secondary N) is 2. The number of furan rings is 1. The molecule has 2 heterocycles. The molecule has 0 bridgehead atoms. The lowest BCUT2D eigenvalue weighted by atomic mass is 10.1. The van der Waals surface area contributed by atoms with E-state index >= 15 is 0 Å². The van der Waals surface area contributed by atoms with Crippen LogP contribution in [0, 0.1) is 17.0 Å². The molecule has 2 aromatic heterocycles. The van der Waals surface area contributed by atoms with Crippen molar-refractivity contribution in [2.45, 2.75) is 26.3 Å². The van der Waals surface area contributed by atoms with Gasteiger partial charge in [-0.2, -0.15) is 0 Å². The van der Waals surface area contributed by atoms with Crippen LogP contribution in [0.1, 0.15) is 40.3 Å². The van der Waals surface area contributed by atoms with Crippen LogP contribution < -0.4 is 10.6 Å². The summed E-state index contributed by atoms with van der Waals surface area (Å²) >= 11 is 1.21. The zero-order valence-electron chi connectivity index (χ0n) is 15.7. The summed E-state index contributed by atoms with van der Waals surface area (Å²) in [4.78, 5) is 39.1. The monoisotopic (exact) mass is 414 g/mol. The van der Waals surface area contributed by atoms with Gasteiger partial charge in [-0.25, -0.2) is 4.98 Å². The Hall–Kier alpha value is -3.53. The summed E-state index contributed by atoms with van der Waals surface area (Å²) in [5.74, 6) is -0.104. The lowest BCUT2D eigenvalue weighted by molar-refractivity contribution is -0.384. The predicted molar refractivity (Wildman–Crippen MR) is 107 cm³/mol. The molecule has 1 atom stereocenters. The van der Waals surface area contributed by atoms with Crippen molar-refractivity contribution in [1.29, 1.82) is 0 Å². The van der Waals surface area contributed by atoms with Crippen LogP contribution in [0.15, 0.2) is 46.4 Å². The quantitative estimate of drug-likeness (QED) is 0.449. The van der Waals surface area contributed by atoms with Crippen molar-refractivity contribution in [3.05, 3.63) is 74.7 Å². The number of benzene rings is 1. The second-order valence-corrected chi connectivity index (χ2v) is 7.16. The molecule has 2 N–H and O–H groups in total. The number of hydrogen-bond donors (Lipinski definition) is 2. The Balaban J connectivity index is 1.57. The first-order chi connectivity index (χ1) is 13.8. The van der Waals surface area contributed by atoms with Crippen molar-refractivity contribution in [3.63, 3.8) is 0 Å². The Morgan fingerprint density at radius 3 is 2.83 bits per heavy atom. The van der Waals surface area contributed by atoms with Gasteiger partial charge in [0.05, 0.1) is 34.9 Å². The minimum absolute atomic E-state index is 0.0242. The first-order valence-corrected chi connectivity index (χ1v) is 9.55. The van der Waals surface area contributed by atoms with E-state index in [0.29, 0.717) is 27.7 Å². The molecule has 0 spiro atoms. The van der Waals surface area contributed by atoms with Crippen LogP contribution in [0.4, 0.5) is 10.8 Å². The van der Waals surface area contributed by atoms with E-state index in [1.54, 1.807) is 37.4 Å². The van der Waals surface area contributed by atoms with Gasteiger partial charge in [0.25, 0.3) is 11.6 Å². The van der Waals surface area contributed by atoms with Crippen molar-refractivity contribution in [3.8, 4) is 0 Å². The molecule has 0 aliphatic heterocycles. The average molecular weight is 414 g/mol. The van der Waals surface area contributed by atoms with Crippen molar-refractivity contribution in [2.75, 3.05) is 5.32 Å². The Bertz CT molecular complexity index is 1060. The molecular weight excluding hydrogens is 396 g/mol. The topological polar surface area (TPSA) is 127 Å². The van der Waals surface area contributed by atoms with Gasteiger partial charge in [0.2, 0.25) is 5.91 Å². The van der Waals surface area contributed by atoms with E-state index in [9.17, 15) is 19.7 Å². The first kappa shape index (κ1) is 20.2. The maximum atomic E-state index is 12.3. The predicted octanol–water partition coefficient (Wildman–Crippen LogP) is 3.62. The number of aryl methyl sites for hydroxylation is 1. The van der Waals surface area contributed by atoms with Gasteiger partial charge in [-0.3, -0.25) is 25.0 Å². The second kappa shape index (κ2) is 8.65. The van der Waals surface area contributed by atoms with Crippen molar-refractivity contribution in [1.82, 2.24) is 10.3 Å². The summed E-state index contributed by atoms with van der Waals surface area (Å²) in [7, 11) is 0. The molecule has 1 aromatic carbocycles. The minimum Gasteiger partial charge on any atom is -0.469 e. The number of aromatic nitrogens is 1. The summed E-state index contributed by atoms with van der Waals surface area (Å²) in [5, 5.41) is 18.4. The third-order valence-electron chi connectivity index (χ3n) is 4.18. The lowest BCUT2D eigenvalue weighted by Gasteiger charge is -2.13. The van der Waals surface area contributed by atoms with E-state index in [1.165, 1.54) is 29.7 Å².